The van der Waals surface area contributed by atoms with E-state index in [1.165, 1.54) is 36.8 Å². The molecule has 4 rings (SSSR count). The average molecular weight is 441 g/mol. The highest BCUT2D eigenvalue weighted by Gasteiger charge is 2.28. The van der Waals surface area contributed by atoms with E-state index < -0.39 is 0 Å². The molecule has 0 bridgehead atoms. The van der Waals surface area contributed by atoms with Gasteiger partial charge >= 0.3 is 0 Å². The fourth-order valence-electron chi connectivity index (χ4n) is 4.63. The van der Waals surface area contributed by atoms with Gasteiger partial charge in [-0.2, -0.15) is 0 Å². The molecule has 1 saturated carbocycles. The standard InChI is InChI=1S/C29H32O2.C2H4/c1-2-11-25-16-9-10-17-27(25)28-19-18-26(30-21-23-12-5-3-6-13-23)20-29(28)31-22-24-14-7-4-8-15-24;1-2/h2-8,12-15,18-20,25,27H,1,9-11,16-17,21-22H2;1-2H2/t25-,27-;/m1./s1. The first-order chi connectivity index (χ1) is 16.3. The third kappa shape index (κ3) is 7.12. The van der Waals surface area contributed by atoms with Crippen molar-refractivity contribution in [3.63, 3.8) is 0 Å². The quantitative estimate of drug-likeness (QED) is 0.311. The SMILES string of the molecule is C=C.C=CC[C@@H]1CCCC[C@H]1c1ccc(OCc2ccccc2)cc1OCc1ccccc1. The molecule has 0 aromatic heterocycles. The molecule has 0 spiro atoms. The van der Waals surface area contributed by atoms with Gasteiger partial charge in [0.25, 0.3) is 0 Å². The van der Waals surface area contributed by atoms with Crippen LogP contribution in [-0.2, 0) is 13.2 Å². The van der Waals surface area contributed by atoms with E-state index in [0.29, 0.717) is 25.0 Å². The van der Waals surface area contributed by atoms with Crippen molar-refractivity contribution < 1.29 is 9.47 Å². The fraction of sp³-hybridized carbons (Fsp3) is 0.290. The van der Waals surface area contributed by atoms with Gasteiger partial charge in [0.05, 0.1) is 0 Å². The molecule has 0 radical (unpaired) electrons. The maximum Gasteiger partial charge on any atom is 0.126 e. The molecular weight excluding hydrogens is 404 g/mol. The molecule has 3 aromatic carbocycles. The Kier molecular flexibility index (Phi) is 9.85. The van der Waals surface area contributed by atoms with E-state index in [1.807, 2.05) is 24.3 Å². The van der Waals surface area contributed by atoms with Crippen molar-refractivity contribution in [3.8, 4) is 11.5 Å². The van der Waals surface area contributed by atoms with Crippen LogP contribution < -0.4 is 9.47 Å². The van der Waals surface area contributed by atoms with Crippen LogP contribution in [0.2, 0.25) is 0 Å². The zero-order valence-electron chi connectivity index (χ0n) is 19.6. The van der Waals surface area contributed by atoms with Gasteiger partial charge in [-0.05, 0) is 53.9 Å². The van der Waals surface area contributed by atoms with Crippen molar-refractivity contribution in [1.29, 1.82) is 0 Å². The smallest absolute Gasteiger partial charge is 0.126 e. The van der Waals surface area contributed by atoms with Crippen LogP contribution in [-0.4, -0.2) is 0 Å². The maximum atomic E-state index is 6.39. The van der Waals surface area contributed by atoms with Gasteiger partial charge in [0.2, 0.25) is 0 Å². The lowest BCUT2D eigenvalue weighted by Gasteiger charge is -2.32. The summed E-state index contributed by atoms with van der Waals surface area (Å²) >= 11 is 0. The lowest BCUT2D eigenvalue weighted by molar-refractivity contribution is 0.269. The molecule has 0 saturated heterocycles. The van der Waals surface area contributed by atoms with Crippen molar-refractivity contribution in [2.45, 2.75) is 51.2 Å². The molecule has 2 atom stereocenters. The van der Waals surface area contributed by atoms with Crippen LogP contribution >= 0.6 is 0 Å². The molecular formula is C31H36O2. The maximum absolute atomic E-state index is 6.39. The minimum atomic E-state index is 0.515. The van der Waals surface area contributed by atoms with E-state index >= 15 is 0 Å². The topological polar surface area (TPSA) is 18.5 Å². The van der Waals surface area contributed by atoms with Crippen LogP contribution in [0.1, 0.15) is 54.7 Å². The number of hydrogen-bond acceptors (Lipinski definition) is 2. The molecule has 0 N–H and O–H groups in total. The van der Waals surface area contributed by atoms with Crippen molar-refractivity contribution in [2.75, 3.05) is 0 Å². The van der Waals surface area contributed by atoms with Crippen LogP contribution in [0, 0.1) is 5.92 Å². The zero-order valence-corrected chi connectivity index (χ0v) is 19.6. The van der Waals surface area contributed by atoms with E-state index in [0.717, 1.165) is 23.5 Å². The minimum Gasteiger partial charge on any atom is -0.489 e. The third-order valence-electron chi connectivity index (χ3n) is 6.25. The van der Waals surface area contributed by atoms with Crippen LogP contribution in [0.25, 0.3) is 0 Å². The van der Waals surface area contributed by atoms with E-state index in [2.05, 4.69) is 80.4 Å². The number of benzene rings is 3. The van der Waals surface area contributed by atoms with Gasteiger partial charge in [-0.15, -0.1) is 19.7 Å². The summed E-state index contributed by atoms with van der Waals surface area (Å²) in [4.78, 5) is 0. The lowest BCUT2D eigenvalue weighted by Crippen LogP contribution is -2.18. The molecule has 172 valence electrons. The van der Waals surface area contributed by atoms with Crippen LogP contribution in [0.5, 0.6) is 11.5 Å². The summed E-state index contributed by atoms with van der Waals surface area (Å²) in [6, 6.07) is 27.1. The highest BCUT2D eigenvalue weighted by atomic mass is 16.5. The largest absolute Gasteiger partial charge is 0.489 e. The van der Waals surface area contributed by atoms with Gasteiger partial charge < -0.3 is 9.47 Å². The van der Waals surface area contributed by atoms with Crippen molar-refractivity contribution in [3.05, 3.63) is 121 Å². The van der Waals surface area contributed by atoms with Crippen molar-refractivity contribution >= 4 is 0 Å². The van der Waals surface area contributed by atoms with Gasteiger partial charge in [-0.1, -0.05) is 85.6 Å². The summed E-state index contributed by atoms with van der Waals surface area (Å²) in [5.41, 5.74) is 3.65. The first-order valence-electron chi connectivity index (χ1n) is 11.9. The molecule has 0 amide bonds. The highest BCUT2D eigenvalue weighted by molar-refractivity contribution is 5.43. The van der Waals surface area contributed by atoms with Crippen molar-refractivity contribution in [1.82, 2.24) is 0 Å². The first kappa shape index (κ1) is 24.4. The Morgan fingerprint density at radius 2 is 1.36 bits per heavy atom. The van der Waals surface area contributed by atoms with Crippen LogP contribution in [0.4, 0.5) is 0 Å². The molecule has 2 nitrogen and oxygen atoms in total. The summed E-state index contributed by atoms with van der Waals surface area (Å²) in [5, 5.41) is 0. The van der Waals surface area contributed by atoms with Gasteiger partial charge in [0.1, 0.15) is 24.7 Å². The van der Waals surface area contributed by atoms with Gasteiger partial charge in [0.15, 0.2) is 0 Å². The predicted octanol–water partition coefficient (Wildman–Crippen LogP) is 8.50. The highest BCUT2D eigenvalue weighted by Crippen LogP contribution is 2.44. The van der Waals surface area contributed by atoms with E-state index in [4.69, 9.17) is 9.47 Å². The second kappa shape index (κ2) is 13.3. The molecule has 0 heterocycles. The molecule has 0 unspecified atom stereocenters. The summed E-state index contributed by atoms with van der Waals surface area (Å²) in [6.45, 7) is 11.1. The number of allylic oxidation sites excluding steroid dienone is 1. The van der Waals surface area contributed by atoms with Gasteiger partial charge in [-0.25, -0.2) is 0 Å². The van der Waals surface area contributed by atoms with Crippen molar-refractivity contribution in [2.24, 2.45) is 5.92 Å². The summed E-state index contributed by atoms with van der Waals surface area (Å²) < 4.78 is 12.5. The second-order valence-corrected chi connectivity index (χ2v) is 8.42. The monoisotopic (exact) mass is 440 g/mol. The first-order valence-corrected chi connectivity index (χ1v) is 11.9. The predicted molar refractivity (Wildman–Crippen MR) is 139 cm³/mol. The third-order valence-corrected chi connectivity index (χ3v) is 6.25. The molecule has 3 aromatic rings. The fourth-order valence-corrected chi connectivity index (χ4v) is 4.63. The Hall–Kier alpha value is -3.26. The zero-order chi connectivity index (χ0) is 23.3. The Bertz CT molecular complexity index is 965. The summed E-state index contributed by atoms with van der Waals surface area (Å²) in [7, 11) is 0. The van der Waals surface area contributed by atoms with E-state index in [9.17, 15) is 0 Å². The molecule has 1 aliphatic carbocycles. The Balaban J connectivity index is 0.00000149. The number of rotatable bonds is 9. The van der Waals surface area contributed by atoms with E-state index in [1.54, 1.807) is 0 Å². The number of ether oxygens (including phenoxy) is 2. The van der Waals surface area contributed by atoms with Gasteiger partial charge in [-0.3, -0.25) is 0 Å². The second-order valence-electron chi connectivity index (χ2n) is 8.42. The Morgan fingerprint density at radius 1 is 0.758 bits per heavy atom. The summed E-state index contributed by atoms with van der Waals surface area (Å²) in [6.07, 6.45) is 8.21. The lowest BCUT2D eigenvalue weighted by atomic mass is 9.74. The number of hydrogen-bond donors (Lipinski definition) is 0. The Labute approximate surface area is 199 Å². The van der Waals surface area contributed by atoms with Crippen LogP contribution in [0.15, 0.2) is 105 Å². The molecule has 1 aliphatic rings. The summed E-state index contributed by atoms with van der Waals surface area (Å²) in [5.74, 6) is 2.96. The average Bonchev–Trinajstić information content (AvgIpc) is 2.89. The Morgan fingerprint density at radius 3 is 2.00 bits per heavy atom. The minimum absolute atomic E-state index is 0.515. The van der Waals surface area contributed by atoms with Gasteiger partial charge in [0, 0.05) is 6.07 Å². The van der Waals surface area contributed by atoms with E-state index in [-0.39, 0.29) is 0 Å². The normalized spacial score (nSPS) is 17.3. The molecule has 0 aliphatic heterocycles. The molecule has 1 fully saturated rings. The molecule has 2 heteroatoms. The molecule has 33 heavy (non-hydrogen) atoms. The van der Waals surface area contributed by atoms with Crippen LogP contribution in [0.3, 0.4) is 0 Å².